The molecule has 0 aliphatic rings. The Hall–Kier alpha value is -7.16. The average Bonchev–Trinajstić information content (AvgIpc) is 3.62. The molecule has 2 heteroatoms. The van der Waals surface area contributed by atoms with Crippen molar-refractivity contribution in [2.24, 2.45) is 0 Å². The van der Waals surface area contributed by atoms with Crippen LogP contribution in [0.3, 0.4) is 0 Å². The lowest BCUT2D eigenvalue weighted by Crippen LogP contribution is -2.14. The molecule has 1 aromatic heterocycles. The maximum Gasteiger partial charge on any atom is 0.0547 e. The summed E-state index contributed by atoms with van der Waals surface area (Å²) in [4.78, 5) is 2.48. The first kappa shape index (κ1) is 35.3. The van der Waals surface area contributed by atoms with E-state index in [2.05, 4.69) is 243 Å². The maximum atomic E-state index is 2.48. The van der Waals surface area contributed by atoms with Crippen LogP contribution < -0.4 is 4.90 Å². The summed E-state index contributed by atoms with van der Waals surface area (Å²) in [6, 6.07) is 77.5. The largest absolute Gasteiger partial charge is 0.309 e. The van der Waals surface area contributed by atoms with Crippen LogP contribution >= 0.6 is 0 Å². The number of fused-ring (bicyclic) bond motifs is 4. The van der Waals surface area contributed by atoms with Gasteiger partial charge in [0.25, 0.3) is 0 Å². The molecule has 10 aromatic rings. The highest BCUT2D eigenvalue weighted by Gasteiger charge is 2.24. The second kappa shape index (κ2) is 14.4. The summed E-state index contributed by atoms with van der Waals surface area (Å²) < 4.78 is 2.40. The van der Waals surface area contributed by atoms with Gasteiger partial charge in [0.1, 0.15) is 0 Å². The fourth-order valence-electron chi connectivity index (χ4n) is 8.83. The summed E-state index contributed by atoms with van der Waals surface area (Å²) in [5, 5.41) is 4.94. The Kier molecular flexibility index (Phi) is 8.76. The molecule has 0 aliphatic carbocycles. The van der Waals surface area contributed by atoms with E-state index in [0.717, 1.165) is 22.7 Å². The van der Waals surface area contributed by atoms with E-state index in [1.54, 1.807) is 0 Å². The van der Waals surface area contributed by atoms with Gasteiger partial charge in [0.05, 0.1) is 22.4 Å². The van der Waals surface area contributed by atoms with Crippen molar-refractivity contribution in [2.45, 2.75) is 26.2 Å². The number of aromatic nitrogens is 1. The quantitative estimate of drug-likeness (QED) is 0.158. The third kappa shape index (κ3) is 6.06. The van der Waals surface area contributed by atoms with Gasteiger partial charge in [-0.05, 0) is 92.5 Å². The van der Waals surface area contributed by atoms with Crippen LogP contribution in [-0.4, -0.2) is 4.57 Å². The van der Waals surface area contributed by atoms with Gasteiger partial charge in [0.2, 0.25) is 0 Å². The molecule has 0 bridgehead atoms. The zero-order chi connectivity index (χ0) is 39.2. The van der Waals surface area contributed by atoms with E-state index < -0.39 is 0 Å². The topological polar surface area (TPSA) is 8.17 Å². The van der Waals surface area contributed by atoms with Crippen molar-refractivity contribution >= 4 is 49.6 Å². The summed E-state index contributed by atoms with van der Waals surface area (Å²) in [7, 11) is 0. The Bertz CT molecular complexity index is 3070. The van der Waals surface area contributed by atoms with Crippen molar-refractivity contribution in [3.63, 3.8) is 0 Å². The number of anilines is 3. The van der Waals surface area contributed by atoms with Gasteiger partial charge in [-0.2, -0.15) is 0 Å². The lowest BCUT2D eigenvalue weighted by molar-refractivity contribution is 0.590. The van der Waals surface area contributed by atoms with Gasteiger partial charge in [-0.1, -0.05) is 185 Å². The minimum atomic E-state index is 0.0264. The van der Waals surface area contributed by atoms with E-state index in [0.29, 0.717) is 0 Å². The van der Waals surface area contributed by atoms with Gasteiger partial charge in [0.15, 0.2) is 0 Å². The molecule has 0 spiro atoms. The molecule has 1 heterocycles. The number of hydrogen-bond donors (Lipinski definition) is 0. The average molecular weight is 745 g/mol. The van der Waals surface area contributed by atoms with E-state index in [-0.39, 0.29) is 5.41 Å². The van der Waals surface area contributed by atoms with E-state index >= 15 is 0 Å². The maximum absolute atomic E-state index is 2.48. The minimum Gasteiger partial charge on any atom is -0.309 e. The second-order valence-electron chi connectivity index (χ2n) is 16.1. The van der Waals surface area contributed by atoms with E-state index in [1.165, 1.54) is 71.5 Å². The van der Waals surface area contributed by atoms with Crippen molar-refractivity contribution in [1.82, 2.24) is 4.57 Å². The first-order valence-corrected chi connectivity index (χ1v) is 20.2. The zero-order valence-electron chi connectivity index (χ0n) is 33.1. The van der Waals surface area contributed by atoms with Crippen LogP contribution in [-0.2, 0) is 5.41 Å². The van der Waals surface area contributed by atoms with E-state index in [9.17, 15) is 0 Å². The molecule has 0 unspecified atom stereocenters. The fourth-order valence-corrected chi connectivity index (χ4v) is 8.83. The normalized spacial score (nSPS) is 11.7. The number of para-hydroxylation sites is 4. The Labute approximate surface area is 340 Å². The number of hydrogen-bond acceptors (Lipinski definition) is 1. The molecule has 10 rings (SSSR count). The number of rotatable bonds is 7. The Morgan fingerprint density at radius 1 is 0.379 bits per heavy atom. The van der Waals surface area contributed by atoms with Crippen LogP contribution in [0.2, 0.25) is 0 Å². The number of nitrogens with zero attached hydrogens (tertiary/aromatic N) is 2. The van der Waals surface area contributed by atoms with Crippen molar-refractivity contribution in [1.29, 1.82) is 0 Å². The van der Waals surface area contributed by atoms with Crippen LogP contribution in [0.4, 0.5) is 17.1 Å². The Morgan fingerprint density at radius 3 is 1.53 bits per heavy atom. The monoisotopic (exact) mass is 744 g/mol. The van der Waals surface area contributed by atoms with E-state index in [4.69, 9.17) is 0 Å². The molecule has 0 saturated carbocycles. The lowest BCUT2D eigenvalue weighted by atomic mass is 9.87. The third-order valence-electron chi connectivity index (χ3n) is 11.6. The molecule has 9 aromatic carbocycles. The predicted octanol–water partition coefficient (Wildman–Crippen LogP) is 15.7. The van der Waals surface area contributed by atoms with Crippen LogP contribution in [0.25, 0.3) is 71.6 Å². The molecule has 58 heavy (non-hydrogen) atoms. The standard InChI is InChI=1S/C56H44N2/c1-56(2,3)41-35-37-43(38-36-41)57(50-31-13-10-25-45(50)47-29-17-22-40-21-16-28-44(54(40)47)39-19-6-4-7-20-39)51-32-14-11-26-46(51)48-30-18-34-53-55(48)49-27-12-15-33-52(49)58(53)42-23-8-5-9-24-42/h4-38H,1-3H3. The van der Waals surface area contributed by atoms with E-state index in [1.807, 2.05) is 0 Å². The Morgan fingerprint density at radius 2 is 0.879 bits per heavy atom. The SMILES string of the molecule is CC(C)(C)c1ccc(N(c2ccccc2-c2cccc3cccc(-c4ccccc4)c23)c2ccccc2-c2cccc3c2c2ccccc2n3-c2ccccc2)cc1. The van der Waals surface area contributed by atoms with Gasteiger partial charge < -0.3 is 9.47 Å². The highest BCUT2D eigenvalue weighted by atomic mass is 15.1. The lowest BCUT2D eigenvalue weighted by Gasteiger charge is -2.31. The zero-order valence-corrected chi connectivity index (χ0v) is 33.1. The van der Waals surface area contributed by atoms with Gasteiger partial charge in [-0.15, -0.1) is 0 Å². The van der Waals surface area contributed by atoms with Crippen LogP contribution in [0.1, 0.15) is 26.3 Å². The van der Waals surface area contributed by atoms with Gasteiger partial charge >= 0.3 is 0 Å². The first-order valence-electron chi connectivity index (χ1n) is 20.2. The molecule has 0 aliphatic heterocycles. The molecule has 278 valence electrons. The van der Waals surface area contributed by atoms with Gasteiger partial charge in [-0.25, -0.2) is 0 Å². The number of benzene rings is 9. The Balaban J connectivity index is 1.25. The van der Waals surface area contributed by atoms with Crippen LogP contribution in [0.15, 0.2) is 212 Å². The first-order chi connectivity index (χ1) is 28.5. The summed E-state index contributed by atoms with van der Waals surface area (Å²) >= 11 is 0. The molecule has 0 fully saturated rings. The molecule has 2 nitrogen and oxygen atoms in total. The minimum absolute atomic E-state index is 0.0264. The van der Waals surface area contributed by atoms with Crippen molar-refractivity contribution in [3.05, 3.63) is 218 Å². The summed E-state index contributed by atoms with van der Waals surface area (Å²) in [6.45, 7) is 6.84. The molecule has 0 atom stereocenters. The summed E-state index contributed by atoms with van der Waals surface area (Å²) in [6.07, 6.45) is 0. The third-order valence-corrected chi connectivity index (χ3v) is 11.6. The molecular weight excluding hydrogens is 701 g/mol. The van der Waals surface area contributed by atoms with Gasteiger partial charge in [-0.3, -0.25) is 0 Å². The highest BCUT2D eigenvalue weighted by Crippen LogP contribution is 2.49. The van der Waals surface area contributed by atoms with Crippen LogP contribution in [0.5, 0.6) is 0 Å². The van der Waals surface area contributed by atoms with Crippen molar-refractivity contribution in [3.8, 4) is 39.1 Å². The molecule has 0 N–H and O–H groups in total. The van der Waals surface area contributed by atoms with Crippen molar-refractivity contribution in [2.75, 3.05) is 4.90 Å². The summed E-state index contributed by atoms with van der Waals surface area (Å²) in [5.74, 6) is 0. The van der Waals surface area contributed by atoms with Crippen molar-refractivity contribution < 1.29 is 0 Å². The fraction of sp³-hybridized carbons (Fsp3) is 0.0714. The highest BCUT2D eigenvalue weighted by molar-refractivity contribution is 6.17. The molecule has 0 saturated heterocycles. The smallest absolute Gasteiger partial charge is 0.0547 e. The molecule has 0 radical (unpaired) electrons. The molecule has 0 amide bonds. The van der Waals surface area contributed by atoms with Gasteiger partial charge in [0, 0.05) is 33.3 Å². The second-order valence-corrected chi connectivity index (χ2v) is 16.1. The van der Waals surface area contributed by atoms with Crippen LogP contribution in [0, 0.1) is 0 Å². The predicted molar refractivity (Wildman–Crippen MR) is 248 cm³/mol. The molecular formula is C56H44N2. The summed E-state index contributed by atoms with van der Waals surface area (Å²) in [5.41, 5.74) is 15.4.